The quantitative estimate of drug-likeness (QED) is 0.855. The second kappa shape index (κ2) is 4.98. The Balaban J connectivity index is 1.94. The number of nitrogens with one attached hydrogen (secondary N) is 1. The van der Waals surface area contributed by atoms with E-state index in [1.54, 1.807) is 20.1 Å². The van der Waals surface area contributed by atoms with Gasteiger partial charge in [-0.1, -0.05) is 13.8 Å². The highest BCUT2D eigenvalue weighted by molar-refractivity contribution is 5.88. The lowest BCUT2D eigenvalue weighted by atomic mass is 9.64. The van der Waals surface area contributed by atoms with Crippen LogP contribution in [-0.4, -0.2) is 30.3 Å². The van der Waals surface area contributed by atoms with Crippen molar-refractivity contribution in [2.24, 2.45) is 5.41 Å². The number of hydrogen-bond donors (Lipinski definition) is 2. The number of carbonyl (C=O) groups is 1. The Bertz CT molecular complexity index is 478. The molecule has 0 aliphatic heterocycles. The molecular weight excluding hydrogens is 246 g/mol. The zero-order valence-electron chi connectivity index (χ0n) is 11.8. The Labute approximate surface area is 112 Å². The van der Waals surface area contributed by atoms with Gasteiger partial charge in [0, 0.05) is 18.6 Å². The fourth-order valence-corrected chi connectivity index (χ4v) is 2.70. The summed E-state index contributed by atoms with van der Waals surface area (Å²) in [5.41, 5.74) is 0.325. The van der Waals surface area contributed by atoms with Crippen LogP contribution in [0.25, 0.3) is 0 Å². The Morgan fingerprint density at radius 2 is 2.32 bits per heavy atom. The first-order chi connectivity index (χ1) is 8.86. The van der Waals surface area contributed by atoms with Gasteiger partial charge in [-0.2, -0.15) is 0 Å². The Morgan fingerprint density at radius 1 is 1.63 bits per heavy atom. The molecule has 1 aromatic heterocycles. The number of ether oxygens (including phenoxy) is 1. The molecule has 5 heteroatoms. The molecule has 0 amide bonds. The van der Waals surface area contributed by atoms with Crippen molar-refractivity contribution in [3.63, 3.8) is 0 Å². The standard InChI is InChI=1S/C14H21NO4/c1-8-10(13(16)17)5-9(19-8)7-15-11-6-12(18-4)14(11,2)3/h5,11-12,15H,6-7H2,1-4H3,(H,16,17). The van der Waals surface area contributed by atoms with Crippen LogP contribution in [0.15, 0.2) is 10.5 Å². The molecule has 1 heterocycles. The van der Waals surface area contributed by atoms with Crippen molar-refractivity contribution in [3.05, 3.63) is 23.2 Å². The van der Waals surface area contributed by atoms with Crippen LogP contribution < -0.4 is 5.32 Å². The van der Waals surface area contributed by atoms with Crippen molar-refractivity contribution >= 4 is 5.97 Å². The van der Waals surface area contributed by atoms with E-state index in [0.717, 1.165) is 6.42 Å². The average molecular weight is 267 g/mol. The Morgan fingerprint density at radius 3 is 2.79 bits per heavy atom. The van der Waals surface area contributed by atoms with Gasteiger partial charge in [-0.25, -0.2) is 4.79 Å². The third-order valence-electron chi connectivity index (χ3n) is 4.18. The van der Waals surface area contributed by atoms with Crippen LogP contribution in [0.2, 0.25) is 0 Å². The van der Waals surface area contributed by atoms with Crippen molar-refractivity contribution in [2.45, 2.75) is 45.9 Å². The second-order valence-corrected chi connectivity index (χ2v) is 5.70. The topological polar surface area (TPSA) is 71.7 Å². The molecule has 0 saturated heterocycles. The molecule has 2 atom stereocenters. The van der Waals surface area contributed by atoms with Crippen molar-refractivity contribution < 1.29 is 19.1 Å². The van der Waals surface area contributed by atoms with E-state index in [9.17, 15) is 4.79 Å². The van der Waals surface area contributed by atoms with Gasteiger partial charge in [0.2, 0.25) is 0 Å². The van der Waals surface area contributed by atoms with Crippen molar-refractivity contribution in [1.29, 1.82) is 0 Å². The summed E-state index contributed by atoms with van der Waals surface area (Å²) in [5, 5.41) is 12.4. The van der Waals surface area contributed by atoms with E-state index >= 15 is 0 Å². The summed E-state index contributed by atoms with van der Waals surface area (Å²) in [7, 11) is 1.73. The summed E-state index contributed by atoms with van der Waals surface area (Å²) < 4.78 is 10.8. The predicted octanol–water partition coefficient (Wildman–Crippen LogP) is 2.19. The molecule has 5 nitrogen and oxygen atoms in total. The van der Waals surface area contributed by atoms with Gasteiger partial charge in [0.25, 0.3) is 0 Å². The number of carboxylic acids is 1. The van der Waals surface area contributed by atoms with E-state index in [2.05, 4.69) is 19.2 Å². The molecule has 0 aromatic carbocycles. The number of aryl methyl sites for hydroxylation is 1. The van der Waals surface area contributed by atoms with Gasteiger partial charge in [-0.15, -0.1) is 0 Å². The number of carboxylic acid groups (broad SMARTS) is 1. The van der Waals surface area contributed by atoms with Crippen LogP contribution in [0.3, 0.4) is 0 Å². The molecule has 1 fully saturated rings. The van der Waals surface area contributed by atoms with Crippen molar-refractivity contribution in [2.75, 3.05) is 7.11 Å². The number of rotatable bonds is 5. The number of furan rings is 1. The highest BCUT2D eigenvalue weighted by Gasteiger charge is 2.48. The smallest absolute Gasteiger partial charge is 0.339 e. The number of methoxy groups -OCH3 is 1. The summed E-state index contributed by atoms with van der Waals surface area (Å²) in [4.78, 5) is 10.9. The molecular formula is C14H21NO4. The molecule has 2 unspecified atom stereocenters. The third-order valence-corrected chi connectivity index (χ3v) is 4.18. The molecule has 1 aliphatic carbocycles. The lowest BCUT2D eigenvalue weighted by Crippen LogP contribution is -2.60. The fourth-order valence-electron chi connectivity index (χ4n) is 2.70. The van der Waals surface area contributed by atoms with Crippen LogP contribution in [0.5, 0.6) is 0 Å². The van der Waals surface area contributed by atoms with E-state index in [1.165, 1.54) is 0 Å². The molecule has 1 aromatic rings. The first kappa shape index (κ1) is 14.1. The van der Waals surface area contributed by atoms with Crippen LogP contribution >= 0.6 is 0 Å². The zero-order chi connectivity index (χ0) is 14.2. The summed E-state index contributed by atoms with van der Waals surface area (Å²) in [6.45, 7) is 6.54. The van der Waals surface area contributed by atoms with Gasteiger partial charge in [-0.3, -0.25) is 0 Å². The van der Waals surface area contributed by atoms with Gasteiger partial charge in [0.05, 0.1) is 12.6 Å². The van der Waals surface area contributed by atoms with E-state index in [0.29, 0.717) is 24.1 Å². The molecule has 0 bridgehead atoms. The van der Waals surface area contributed by atoms with Gasteiger partial charge in [0.1, 0.15) is 17.1 Å². The second-order valence-electron chi connectivity index (χ2n) is 5.70. The minimum Gasteiger partial charge on any atom is -0.478 e. The average Bonchev–Trinajstić information content (AvgIpc) is 2.69. The van der Waals surface area contributed by atoms with Gasteiger partial charge < -0.3 is 19.6 Å². The summed E-state index contributed by atoms with van der Waals surface area (Å²) in [6, 6.07) is 1.94. The summed E-state index contributed by atoms with van der Waals surface area (Å²) in [5.74, 6) is 0.162. The van der Waals surface area contributed by atoms with E-state index < -0.39 is 5.97 Å². The largest absolute Gasteiger partial charge is 0.478 e. The Kier molecular flexibility index (Phi) is 3.69. The Hall–Kier alpha value is -1.33. The first-order valence-corrected chi connectivity index (χ1v) is 6.45. The monoisotopic (exact) mass is 267 g/mol. The summed E-state index contributed by atoms with van der Waals surface area (Å²) in [6.07, 6.45) is 1.24. The molecule has 2 rings (SSSR count). The SMILES string of the molecule is COC1CC(NCc2cc(C(=O)O)c(C)o2)C1(C)C. The molecule has 106 valence electrons. The lowest BCUT2D eigenvalue weighted by Gasteiger charge is -2.51. The lowest BCUT2D eigenvalue weighted by molar-refractivity contribution is -0.0982. The van der Waals surface area contributed by atoms with Crippen molar-refractivity contribution in [1.82, 2.24) is 5.32 Å². The third kappa shape index (κ3) is 2.53. The minimum absolute atomic E-state index is 0.0893. The van der Waals surface area contributed by atoms with Gasteiger partial charge in [-0.05, 0) is 19.4 Å². The zero-order valence-corrected chi connectivity index (χ0v) is 11.8. The molecule has 1 aliphatic rings. The molecule has 1 saturated carbocycles. The molecule has 0 radical (unpaired) electrons. The number of aromatic carboxylic acids is 1. The van der Waals surface area contributed by atoms with Crippen LogP contribution in [0.4, 0.5) is 0 Å². The molecule has 0 spiro atoms. The number of hydrogen-bond acceptors (Lipinski definition) is 4. The van der Waals surface area contributed by atoms with Gasteiger partial charge >= 0.3 is 5.97 Å². The highest BCUT2D eigenvalue weighted by Crippen LogP contribution is 2.42. The van der Waals surface area contributed by atoms with Gasteiger partial charge in [0.15, 0.2) is 0 Å². The maximum atomic E-state index is 10.9. The van der Waals surface area contributed by atoms with E-state index in [1.807, 2.05) is 0 Å². The van der Waals surface area contributed by atoms with Crippen molar-refractivity contribution in [3.8, 4) is 0 Å². The maximum absolute atomic E-state index is 10.9. The van der Waals surface area contributed by atoms with E-state index in [4.69, 9.17) is 14.3 Å². The maximum Gasteiger partial charge on any atom is 0.339 e. The molecule has 2 N–H and O–H groups in total. The molecule has 19 heavy (non-hydrogen) atoms. The fraction of sp³-hybridized carbons (Fsp3) is 0.643. The van der Waals surface area contributed by atoms with Crippen LogP contribution in [-0.2, 0) is 11.3 Å². The first-order valence-electron chi connectivity index (χ1n) is 6.45. The minimum atomic E-state index is -0.948. The normalized spacial score (nSPS) is 25.1. The van der Waals surface area contributed by atoms with Crippen LogP contribution in [0.1, 0.15) is 42.1 Å². The highest BCUT2D eigenvalue weighted by atomic mass is 16.5. The van der Waals surface area contributed by atoms with E-state index in [-0.39, 0.29) is 17.1 Å². The predicted molar refractivity (Wildman–Crippen MR) is 70.2 cm³/mol. The summed E-state index contributed by atoms with van der Waals surface area (Å²) >= 11 is 0. The van der Waals surface area contributed by atoms with Crippen LogP contribution in [0, 0.1) is 12.3 Å².